The number of hydrogen-bond donors (Lipinski definition) is 1. The maximum Gasteiger partial charge on any atom is 0.252 e. The molecule has 0 unspecified atom stereocenters. The van der Waals surface area contributed by atoms with E-state index in [-0.39, 0.29) is 6.10 Å². The highest BCUT2D eigenvalue weighted by atomic mass is 32.2. The van der Waals surface area contributed by atoms with Gasteiger partial charge < -0.3 is 10.1 Å². The molecule has 1 N–H and O–H groups in total. The molecule has 2 heterocycles. The number of likely N-dealkylation sites (N-methyl/N-ethyl adjacent to an activating group) is 1. The number of methoxy groups -OCH3 is 1. The number of ether oxygens (including phenoxy) is 1. The van der Waals surface area contributed by atoms with Gasteiger partial charge in [0.05, 0.1) is 6.10 Å². The number of nitrogens with zero attached hydrogens (tertiary/aromatic N) is 1. The second kappa shape index (κ2) is 7.00. The highest BCUT2D eigenvalue weighted by molar-refractivity contribution is 7.91. The standard InChI is InChI=1S/C13H22N2O3S2/c1-14-8-5-12-3-4-13(19-12)20(16,17)15-9-6-11(18-2)7-10-15/h3-4,11,14H,5-10H2,1-2H3. The van der Waals surface area contributed by atoms with Crippen LogP contribution in [-0.2, 0) is 21.2 Å². The average Bonchev–Trinajstić information content (AvgIpc) is 2.94. The third-order valence-electron chi connectivity index (χ3n) is 3.59. The van der Waals surface area contributed by atoms with Crippen molar-refractivity contribution in [2.75, 3.05) is 33.8 Å². The van der Waals surface area contributed by atoms with Crippen molar-refractivity contribution >= 4 is 21.4 Å². The van der Waals surface area contributed by atoms with E-state index in [1.165, 1.54) is 11.3 Å². The number of nitrogens with one attached hydrogen (secondary N) is 1. The van der Waals surface area contributed by atoms with Crippen molar-refractivity contribution in [2.45, 2.75) is 29.6 Å². The molecule has 1 aliphatic heterocycles. The second-order valence-electron chi connectivity index (χ2n) is 4.91. The summed E-state index contributed by atoms with van der Waals surface area (Å²) in [5.41, 5.74) is 0. The molecule has 5 nitrogen and oxygen atoms in total. The lowest BCUT2D eigenvalue weighted by molar-refractivity contribution is 0.0605. The van der Waals surface area contributed by atoms with Gasteiger partial charge in [-0.25, -0.2) is 8.42 Å². The molecular formula is C13H22N2O3S2. The predicted molar refractivity (Wildman–Crippen MR) is 80.7 cm³/mol. The van der Waals surface area contributed by atoms with Crippen molar-refractivity contribution in [1.82, 2.24) is 9.62 Å². The summed E-state index contributed by atoms with van der Waals surface area (Å²) < 4.78 is 32.4. The molecule has 7 heteroatoms. The monoisotopic (exact) mass is 318 g/mol. The number of rotatable bonds is 6. The minimum Gasteiger partial charge on any atom is -0.381 e. The van der Waals surface area contributed by atoms with Crippen molar-refractivity contribution in [3.63, 3.8) is 0 Å². The van der Waals surface area contributed by atoms with Gasteiger partial charge in [-0.3, -0.25) is 0 Å². The number of piperidine rings is 1. The molecule has 114 valence electrons. The fourth-order valence-electron chi connectivity index (χ4n) is 2.31. The molecule has 0 radical (unpaired) electrons. The third-order valence-corrected chi connectivity index (χ3v) is 7.10. The minimum atomic E-state index is -3.32. The van der Waals surface area contributed by atoms with Crippen LogP contribution in [0.1, 0.15) is 17.7 Å². The molecule has 0 saturated carbocycles. The number of sulfonamides is 1. The van der Waals surface area contributed by atoms with Gasteiger partial charge in [0, 0.05) is 25.1 Å². The smallest absolute Gasteiger partial charge is 0.252 e. The SMILES string of the molecule is CNCCc1ccc(S(=O)(=O)N2CCC(OC)CC2)s1. The van der Waals surface area contributed by atoms with Crippen LogP contribution in [0.5, 0.6) is 0 Å². The van der Waals surface area contributed by atoms with Crippen LogP contribution in [0, 0.1) is 0 Å². The molecule has 0 spiro atoms. The molecule has 1 aromatic rings. The molecule has 0 bridgehead atoms. The van der Waals surface area contributed by atoms with Gasteiger partial charge >= 0.3 is 0 Å². The van der Waals surface area contributed by atoms with Crippen LogP contribution < -0.4 is 5.32 Å². The Morgan fingerprint density at radius 2 is 2.10 bits per heavy atom. The van der Waals surface area contributed by atoms with Gasteiger partial charge in [0.1, 0.15) is 4.21 Å². The van der Waals surface area contributed by atoms with E-state index in [0.29, 0.717) is 17.3 Å². The van der Waals surface area contributed by atoms with E-state index >= 15 is 0 Å². The molecule has 1 aromatic heterocycles. The zero-order valence-electron chi connectivity index (χ0n) is 12.0. The molecule has 20 heavy (non-hydrogen) atoms. The van der Waals surface area contributed by atoms with E-state index in [0.717, 1.165) is 30.7 Å². The molecule has 1 aliphatic rings. The first-order chi connectivity index (χ1) is 9.57. The van der Waals surface area contributed by atoms with E-state index in [4.69, 9.17) is 4.74 Å². The average molecular weight is 318 g/mol. The molecule has 2 rings (SSSR count). The van der Waals surface area contributed by atoms with E-state index in [1.54, 1.807) is 17.5 Å². The van der Waals surface area contributed by atoms with Gasteiger partial charge in [-0.1, -0.05) is 0 Å². The van der Waals surface area contributed by atoms with E-state index in [1.807, 2.05) is 13.1 Å². The molecule has 1 saturated heterocycles. The van der Waals surface area contributed by atoms with Crippen LogP contribution >= 0.6 is 11.3 Å². The zero-order chi connectivity index (χ0) is 14.6. The topological polar surface area (TPSA) is 58.6 Å². The lowest BCUT2D eigenvalue weighted by Crippen LogP contribution is -2.40. The largest absolute Gasteiger partial charge is 0.381 e. The number of hydrogen-bond acceptors (Lipinski definition) is 5. The Morgan fingerprint density at radius 3 is 2.70 bits per heavy atom. The van der Waals surface area contributed by atoms with Crippen molar-refractivity contribution in [3.05, 3.63) is 17.0 Å². The summed E-state index contributed by atoms with van der Waals surface area (Å²) in [6.07, 6.45) is 2.60. The Balaban J connectivity index is 2.04. The summed E-state index contributed by atoms with van der Waals surface area (Å²) >= 11 is 1.38. The van der Waals surface area contributed by atoms with E-state index in [2.05, 4.69) is 5.32 Å². The van der Waals surface area contributed by atoms with Crippen LogP contribution in [0.15, 0.2) is 16.3 Å². The van der Waals surface area contributed by atoms with Crippen molar-refractivity contribution in [3.8, 4) is 0 Å². The predicted octanol–water partition coefficient (Wildman–Crippen LogP) is 1.31. The minimum absolute atomic E-state index is 0.191. The zero-order valence-corrected chi connectivity index (χ0v) is 13.6. The highest BCUT2D eigenvalue weighted by Crippen LogP contribution is 2.27. The number of thiophene rings is 1. The maximum absolute atomic E-state index is 12.5. The lowest BCUT2D eigenvalue weighted by atomic mass is 10.1. The molecule has 1 fully saturated rings. The molecular weight excluding hydrogens is 296 g/mol. The first kappa shape index (κ1) is 15.9. The Morgan fingerprint density at radius 1 is 1.40 bits per heavy atom. The van der Waals surface area contributed by atoms with Crippen molar-refractivity contribution < 1.29 is 13.2 Å². The molecule has 0 atom stereocenters. The van der Waals surface area contributed by atoms with Crippen LogP contribution in [0.4, 0.5) is 0 Å². The van der Waals surface area contributed by atoms with Gasteiger partial charge in [0.25, 0.3) is 10.0 Å². The second-order valence-corrected chi connectivity index (χ2v) is 8.25. The Labute approximate surface area is 125 Å². The summed E-state index contributed by atoms with van der Waals surface area (Å²) in [6, 6.07) is 3.64. The summed E-state index contributed by atoms with van der Waals surface area (Å²) in [7, 11) is 0.255. The van der Waals surface area contributed by atoms with Crippen molar-refractivity contribution in [2.24, 2.45) is 0 Å². The summed E-state index contributed by atoms with van der Waals surface area (Å²) in [6.45, 7) is 1.95. The van der Waals surface area contributed by atoms with Gasteiger partial charge in [-0.2, -0.15) is 4.31 Å². The van der Waals surface area contributed by atoms with Gasteiger partial charge in [0.2, 0.25) is 0 Å². The summed E-state index contributed by atoms with van der Waals surface area (Å²) in [5.74, 6) is 0. The molecule has 0 aromatic carbocycles. The van der Waals surface area contributed by atoms with E-state index < -0.39 is 10.0 Å². The molecule has 0 amide bonds. The lowest BCUT2D eigenvalue weighted by Gasteiger charge is -2.29. The summed E-state index contributed by atoms with van der Waals surface area (Å²) in [5, 5.41) is 3.07. The summed E-state index contributed by atoms with van der Waals surface area (Å²) in [4.78, 5) is 1.10. The Bertz CT molecular complexity index is 519. The Hall–Kier alpha value is -0.470. The molecule has 0 aliphatic carbocycles. The third kappa shape index (κ3) is 3.59. The van der Waals surface area contributed by atoms with E-state index in [9.17, 15) is 8.42 Å². The van der Waals surface area contributed by atoms with Crippen molar-refractivity contribution in [1.29, 1.82) is 0 Å². The van der Waals surface area contributed by atoms with Gasteiger partial charge in [-0.15, -0.1) is 11.3 Å². The fraction of sp³-hybridized carbons (Fsp3) is 0.692. The van der Waals surface area contributed by atoms with Crippen LogP contribution in [-0.4, -0.2) is 52.6 Å². The fourth-order valence-corrected chi connectivity index (χ4v) is 5.29. The maximum atomic E-state index is 12.5. The van der Waals surface area contributed by atoms with Gasteiger partial charge in [-0.05, 0) is 45.0 Å². The van der Waals surface area contributed by atoms with Crippen LogP contribution in [0.2, 0.25) is 0 Å². The first-order valence-corrected chi connectivity index (χ1v) is 9.10. The van der Waals surface area contributed by atoms with Crippen LogP contribution in [0.3, 0.4) is 0 Å². The van der Waals surface area contributed by atoms with Gasteiger partial charge in [0.15, 0.2) is 0 Å². The van der Waals surface area contributed by atoms with Crippen LogP contribution in [0.25, 0.3) is 0 Å². The Kier molecular flexibility index (Phi) is 5.57. The quantitative estimate of drug-likeness (QED) is 0.859. The first-order valence-electron chi connectivity index (χ1n) is 6.84. The normalized spacial score (nSPS) is 18.5. The highest BCUT2D eigenvalue weighted by Gasteiger charge is 2.30.